The van der Waals surface area contributed by atoms with Gasteiger partial charge in [-0.05, 0) is 41.7 Å². The van der Waals surface area contributed by atoms with Crippen molar-refractivity contribution in [3.05, 3.63) is 96.3 Å². The second-order valence-electron chi connectivity index (χ2n) is 11.2. The van der Waals surface area contributed by atoms with Gasteiger partial charge in [-0.3, -0.25) is 0 Å². The maximum Gasteiger partial charge on any atom is 0.333 e. The fourth-order valence-electron chi connectivity index (χ4n) is 5.95. The number of carbonyl (C=O) groups is 2. The molecule has 10 atom stereocenters. The molecule has 5 N–H and O–H groups in total. The fraction of sp³-hybridized carbons (Fsp3) is 0.394. The van der Waals surface area contributed by atoms with E-state index in [0.717, 1.165) is 17.9 Å². The van der Waals surface area contributed by atoms with Crippen molar-refractivity contribution in [2.75, 3.05) is 6.61 Å². The Bertz CT molecular complexity index is 1410. The van der Waals surface area contributed by atoms with Crippen molar-refractivity contribution in [2.45, 2.75) is 67.6 Å². The first-order valence-corrected chi connectivity index (χ1v) is 14.5. The van der Waals surface area contributed by atoms with Gasteiger partial charge >= 0.3 is 11.9 Å². The number of aliphatic hydroxyl groups is 5. The van der Waals surface area contributed by atoms with Crippen LogP contribution in [0.15, 0.2) is 85.2 Å². The van der Waals surface area contributed by atoms with E-state index in [-0.39, 0.29) is 6.42 Å². The molecule has 240 valence electrons. The second-order valence-corrected chi connectivity index (χ2v) is 11.2. The molecule has 12 heteroatoms. The quantitative estimate of drug-likeness (QED) is 0.198. The lowest BCUT2D eigenvalue weighted by Gasteiger charge is -2.51. The Kier molecular flexibility index (Phi) is 9.85. The predicted octanol–water partition coefficient (Wildman–Crippen LogP) is 1.06. The summed E-state index contributed by atoms with van der Waals surface area (Å²) < 4.78 is 28.9. The van der Waals surface area contributed by atoms with Crippen molar-refractivity contribution in [1.29, 1.82) is 0 Å². The Balaban J connectivity index is 1.46. The first-order chi connectivity index (χ1) is 21.6. The molecule has 1 aliphatic carbocycles. The van der Waals surface area contributed by atoms with E-state index in [2.05, 4.69) is 0 Å². The molecule has 0 amide bonds. The van der Waals surface area contributed by atoms with Crippen molar-refractivity contribution in [3.8, 4) is 0 Å². The summed E-state index contributed by atoms with van der Waals surface area (Å²) in [6, 6.07) is 18.0. The highest BCUT2D eigenvalue weighted by Gasteiger charge is 2.73. The first kappa shape index (κ1) is 32.5. The summed E-state index contributed by atoms with van der Waals surface area (Å²) in [5, 5.41) is 53.5. The molecular weight excluding hydrogens is 588 g/mol. The van der Waals surface area contributed by atoms with Crippen LogP contribution < -0.4 is 0 Å². The van der Waals surface area contributed by atoms with Gasteiger partial charge in [0.1, 0.15) is 30.5 Å². The number of benzene rings is 2. The van der Waals surface area contributed by atoms with Crippen LogP contribution in [-0.2, 0) is 33.3 Å². The van der Waals surface area contributed by atoms with Crippen molar-refractivity contribution >= 4 is 24.1 Å². The van der Waals surface area contributed by atoms with Gasteiger partial charge in [0.05, 0.1) is 12.9 Å². The predicted molar refractivity (Wildman–Crippen MR) is 157 cm³/mol. The second kappa shape index (κ2) is 13.6. The van der Waals surface area contributed by atoms with Crippen LogP contribution in [-0.4, -0.2) is 98.4 Å². The molecule has 0 aromatic heterocycles. The normalized spacial score (nSPS) is 36.0. The molecule has 2 aromatic carbocycles. The van der Waals surface area contributed by atoms with Crippen LogP contribution in [0.1, 0.15) is 24.5 Å². The largest absolute Gasteiger partial charge is 0.460 e. The minimum absolute atomic E-state index is 0.0134. The van der Waals surface area contributed by atoms with Gasteiger partial charge in [0.2, 0.25) is 0 Å². The summed E-state index contributed by atoms with van der Waals surface area (Å²) in [5.41, 5.74) is -2.84. The summed E-state index contributed by atoms with van der Waals surface area (Å²) in [6.07, 6.45) is -3.65. The number of esters is 2. The van der Waals surface area contributed by atoms with Gasteiger partial charge in [-0.2, -0.15) is 0 Å². The highest BCUT2D eigenvalue weighted by Crippen LogP contribution is 2.54. The van der Waals surface area contributed by atoms with E-state index in [1.54, 1.807) is 61.5 Å². The van der Waals surface area contributed by atoms with Crippen LogP contribution >= 0.6 is 0 Å². The number of fused-ring (bicyclic) bond motifs is 1. The maximum atomic E-state index is 13.0. The lowest BCUT2D eigenvalue weighted by atomic mass is 9.78. The lowest BCUT2D eigenvalue weighted by Crippen LogP contribution is -2.71. The van der Waals surface area contributed by atoms with Gasteiger partial charge < -0.3 is 49.2 Å². The van der Waals surface area contributed by atoms with E-state index in [9.17, 15) is 35.1 Å². The summed E-state index contributed by atoms with van der Waals surface area (Å²) in [4.78, 5) is 25.9. The third-order valence-electron chi connectivity index (χ3n) is 8.36. The van der Waals surface area contributed by atoms with Crippen LogP contribution in [0.5, 0.6) is 0 Å². The lowest BCUT2D eigenvalue weighted by molar-refractivity contribution is -0.381. The topological polar surface area (TPSA) is 181 Å². The molecule has 2 aliphatic heterocycles. The molecule has 45 heavy (non-hydrogen) atoms. The van der Waals surface area contributed by atoms with Crippen LogP contribution in [0.25, 0.3) is 12.2 Å². The zero-order valence-corrected chi connectivity index (χ0v) is 24.4. The van der Waals surface area contributed by atoms with Crippen LogP contribution in [0.2, 0.25) is 0 Å². The molecule has 0 bridgehead atoms. The molecule has 12 nitrogen and oxygen atoms in total. The minimum atomic E-state index is -2.21. The minimum Gasteiger partial charge on any atom is -0.460 e. The van der Waals surface area contributed by atoms with Crippen molar-refractivity contribution in [2.24, 2.45) is 5.92 Å². The number of hydrogen-bond acceptors (Lipinski definition) is 12. The zero-order chi connectivity index (χ0) is 32.2. The highest BCUT2D eigenvalue weighted by atomic mass is 16.8. The number of carbonyl (C=O) groups excluding carboxylic acids is 2. The van der Waals surface area contributed by atoms with E-state index in [4.69, 9.17) is 23.7 Å². The SMILES string of the molecule is CC1CC(OC(=O)C=Cc2ccccc2)C2(O)C=COC(OC(=O)C=Cc3ccccc3)C12OC1OC(CO)C(O)C(O)C1O. The van der Waals surface area contributed by atoms with E-state index in [1.807, 2.05) is 12.1 Å². The zero-order valence-electron chi connectivity index (χ0n) is 24.4. The molecule has 0 radical (unpaired) electrons. The van der Waals surface area contributed by atoms with E-state index in [1.165, 1.54) is 18.2 Å². The molecule has 0 spiro atoms. The molecule has 2 heterocycles. The monoisotopic (exact) mass is 624 g/mol. The number of ether oxygens (including phenoxy) is 5. The standard InChI is InChI=1S/C33H36O12/c1-20-18-24(43-25(35)14-12-21-8-4-2-5-9-21)32(40)16-17-41-31(44-26(36)15-13-22-10-6-3-7-11-22)33(20,32)45-30-29(39)28(38)27(37)23(19-34)42-30/h2-17,20,23-24,27-31,34,37-40H,18-19H2,1H3. The number of aliphatic hydroxyl groups excluding tert-OH is 4. The smallest absolute Gasteiger partial charge is 0.333 e. The van der Waals surface area contributed by atoms with E-state index < -0.39 is 78.8 Å². The van der Waals surface area contributed by atoms with Gasteiger partial charge in [-0.15, -0.1) is 0 Å². The molecule has 2 fully saturated rings. The summed E-state index contributed by atoms with van der Waals surface area (Å²) in [7, 11) is 0. The summed E-state index contributed by atoms with van der Waals surface area (Å²) in [5.74, 6) is -2.43. The highest BCUT2D eigenvalue weighted by molar-refractivity contribution is 5.88. The average molecular weight is 625 g/mol. The molecule has 2 aromatic rings. The molecule has 10 unspecified atom stereocenters. The third-order valence-corrected chi connectivity index (χ3v) is 8.36. The maximum absolute atomic E-state index is 13.0. The van der Waals surface area contributed by atoms with Crippen molar-refractivity contribution in [3.63, 3.8) is 0 Å². The first-order valence-electron chi connectivity index (χ1n) is 14.5. The van der Waals surface area contributed by atoms with Crippen molar-refractivity contribution < 1.29 is 58.8 Å². The van der Waals surface area contributed by atoms with Gasteiger partial charge in [-0.25, -0.2) is 9.59 Å². The van der Waals surface area contributed by atoms with Gasteiger partial charge in [0.25, 0.3) is 6.29 Å². The number of rotatable bonds is 9. The Hall–Kier alpha value is -3.88. The Morgan fingerprint density at radius 2 is 1.47 bits per heavy atom. The molecule has 5 rings (SSSR count). The fourth-order valence-corrected chi connectivity index (χ4v) is 5.95. The Morgan fingerprint density at radius 3 is 2.04 bits per heavy atom. The number of hydrogen-bond donors (Lipinski definition) is 5. The molecular formula is C33H36O12. The van der Waals surface area contributed by atoms with E-state index in [0.29, 0.717) is 5.56 Å². The van der Waals surface area contributed by atoms with Gasteiger partial charge in [0, 0.05) is 12.2 Å². The summed E-state index contributed by atoms with van der Waals surface area (Å²) in [6.45, 7) is 0.899. The third kappa shape index (κ3) is 6.44. The van der Waals surface area contributed by atoms with Crippen LogP contribution in [0.4, 0.5) is 0 Å². The van der Waals surface area contributed by atoms with E-state index >= 15 is 0 Å². The Morgan fingerprint density at radius 1 is 0.889 bits per heavy atom. The summed E-state index contributed by atoms with van der Waals surface area (Å²) >= 11 is 0. The van der Waals surface area contributed by atoms with Crippen LogP contribution in [0, 0.1) is 5.92 Å². The Labute approximate surface area is 259 Å². The molecule has 1 saturated carbocycles. The van der Waals surface area contributed by atoms with Crippen molar-refractivity contribution in [1.82, 2.24) is 0 Å². The molecule has 1 saturated heterocycles. The van der Waals surface area contributed by atoms with Gasteiger partial charge in [-0.1, -0.05) is 67.6 Å². The van der Waals surface area contributed by atoms with Crippen LogP contribution in [0.3, 0.4) is 0 Å². The average Bonchev–Trinajstić information content (AvgIpc) is 3.26. The molecule has 3 aliphatic rings. The van der Waals surface area contributed by atoms with Gasteiger partial charge in [0.15, 0.2) is 17.5 Å².